The van der Waals surface area contributed by atoms with Crippen LogP contribution >= 0.6 is 11.3 Å². The van der Waals surface area contributed by atoms with Crippen LogP contribution in [0.4, 0.5) is 0 Å². The first-order valence-corrected chi connectivity index (χ1v) is 6.33. The summed E-state index contributed by atoms with van der Waals surface area (Å²) in [5.41, 5.74) is 1.92. The molecular weight excluding hydrogens is 248 g/mol. The van der Waals surface area contributed by atoms with Gasteiger partial charge in [0.1, 0.15) is 5.01 Å². The van der Waals surface area contributed by atoms with Crippen molar-refractivity contribution in [3.05, 3.63) is 28.8 Å². The summed E-state index contributed by atoms with van der Waals surface area (Å²) in [5.74, 6) is 1.52. The maximum Gasteiger partial charge on any atom is 0.231 e. The highest BCUT2D eigenvalue weighted by atomic mass is 32.1. The van der Waals surface area contributed by atoms with Crippen molar-refractivity contribution in [2.75, 3.05) is 6.79 Å². The second-order valence-electron chi connectivity index (χ2n) is 3.93. The molecule has 1 aromatic heterocycles. The standard InChI is InChI=1S/C13H10N2O2S/c1-8-12(4-5-14)18-13(15-8)9-2-3-10-11(6-9)17-7-16-10/h2-3,6H,4,7H2,1H3. The van der Waals surface area contributed by atoms with Crippen LogP contribution in [0, 0.1) is 18.3 Å². The van der Waals surface area contributed by atoms with Crippen molar-refractivity contribution in [3.8, 4) is 28.1 Å². The summed E-state index contributed by atoms with van der Waals surface area (Å²) in [7, 11) is 0. The van der Waals surface area contributed by atoms with Gasteiger partial charge in [0.05, 0.1) is 18.2 Å². The van der Waals surface area contributed by atoms with Crippen LogP contribution in [0.3, 0.4) is 0 Å². The SMILES string of the molecule is Cc1nc(-c2ccc3c(c2)OCO3)sc1CC#N. The molecule has 0 unspecified atom stereocenters. The van der Waals surface area contributed by atoms with E-state index in [-0.39, 0.29) is 6.79 Å². The lowest BCUT2D eigenvalue weighted by Gasteiger charge is -1.98. The van der Waals surface area contributed by atoms with Gasteiger partial charge in [-0.25, -0.2) is 4.98 Å². The Morgan fingerprint density at radius 1 is 1.39 bits per heavy atom. The quantitative estimate of drug-likeness (QED) is 0.831. The van der Waals surface area contributed by atoms with Gasteiger partial charge in [-0.15, -0.1) is 11.3 Å². The Morgan fingerprint density at radius 2 is 2.22 bits per heavy atom. The minimum absolute atomic E-state index is 0.273. The van der Waals surface area contributed by atoms with Crippen LogP contribution < -0.4 is 9.47 Å². The highest BCUT2D eigenvalue weighted by Gasteiger charge is 2.16. The predicted octanol–water partition coefficient (Wildman–Crippen LogP) is 2.91. The Morgan fingerprint density at radius 3 is 3.06 bits per heavy atom. The monoisotopic (exact) mass is 258 g/mol. The number of fused-ring (bicyclic) bond motifs is 1. The zero-order valence-corrected chi connectivity index (χ0v) is 10.6. The maximum atomic E-state index is 8.74. The summed E-state index contributed by atoms with van der Waals surface area (Å²) < 4.78 is 10.6. The molecule has 5 heteroatoms. The van der Waals surface area contributed by atoms with Gasteiger partial charge < -0.3 is 9.47 Å². The number of thiazole rings is 1. The van der Waals surface area contributed by atoms with E-state index in [0.717, 1.165) is 32.6 Å². The Hall–Kier alpha value is -2.06. The first-order valence-electron chi connectivity index (χ1n) is 5.51. The van der Waals surface area contributed by atoms with Crippen molar-refractivity contribution < 1.29 is 9.47 Å². The zero-order chi connectivity index (χ0) is 12.5. The lowest BCUT2D eigenvalue weighted by molar-refractivity contribution is 0.174. The van der Waals surface area contributed by atoms with E-state index >= 15 is 0 Å². The van der Waals surface area contributed by atoms with Gasteiger partial charge >= 0.3 is 0 Å². The van der Waals surface area contributed by atoms with Gasteiger partial charge in [0, 0.05) is 10.4 Å². The molecule has 0 aliphatic carbocycles. The average Bonchev–Trinajstić information content (AvgIpc) is 2.96. The summed E-state index contributed by atoms with van der Waals surface area (Å²) in [6, 6.07) is 7.93. The number of rotatable bonds is 2. The molecule has 0 atom stereocenters. The minimum Gasteiger partial charge on any atom is -0.454 e. The molecule has 4 nitrogen and oxygen atoms in total. The second kappa shape index (κ2) is 4.31. The molecule has 1 aliphatic heterocycles. The van der Waals surface area contributed by atoms with E-state index in [9.17, 15) is 0 Å². The number of aromatic nitrogens is 1. The van der Waals surface area contributed by atoms with Crippen molar-refractivity contribution >= 4 is 11.3 Å². The summed E-state index contributed by atoms with van der Waals surface area (Å²) in [6.45, 7) is 2.20. The number of hydrogen-bond acceptors (Lipinski definition) is 5. The molecule has 3 rings (SSSR count). The molecule has 2 heterocycles. The lowest BCUT2D eigenvalue weighted by atomic mass is 10.2. The number of aryl methyl sites for hydroxylation is 1. The fourth-order valence-corrected chi connectivity index (χ4v) is 2.81. The molecule has 2 aromatic rings. The molecule has 1 aromatic carbocycles. The smallest absolute Gasteiger partial charge is 0.231 e. The number of nitriles is 1. The van der Waals surface area contributed by atoms with Gasteiger partial charge in [-0.3, -0.25) is 0 Å². The van der Waals surface area contributed by atoms with E-state index in [1.807, 2.05) is 25.1 Å². The van der Waals surface area contributed by atoms with Crippen LogP contribution in [0.15, 0.2) is 18.2 Å². The summed E-state index contributed by atoms with van der Waals surface area (Å²) in [6.07, 6.45) is 0.411. The fourth-order valence-electron chi connectivity index (χ4n) is 1.82. The van der Waals surface area contributed by atoms with E-state index < -0.39 is 0 Å². The summed E-state index contributed by atoms with van der Waals surface area (Å²) in [4.78, 5) is 5.51. The van der Waals surface area contributed by atoms with Crippen molar-refractivity contribution in [3.63, 3.8) is 0 Å². The molecule has 0 N–H and O–H groups in total. The van der Waals surface area contributed by atoms with Crippen molar-refractivity contribution in [2.24, 2.45) is 0 Å². The molecule has 0 radical (unpaired) electrons. The normalized spacial score (nSPS) is 12.4. The van der Waals surface area contributed by atoms with E-state index in [0.29, 0.717) is 6.42 Å². The van der Waals surface area contributed by atoms with Crippen LogP contribution in [0.25, 0.3) is 10.6 Å². The van der Waals surface area contributed by atoms with Crippen molar-refractivity contribution in [1.82, 2.24) is 4.98 Å². The minimum atomic E-state index is 0.273. The van der Waals surface area contributed by atoms with E-state index in [4.69, 9.17) is 14.7 Å². The van der Waals surface area contributed by atoms with Crippen LogP contribution in [0.2, 0.25) is 0 Å². The van der Waals surface area contributed by atoms with Gasteiger partial charge in [-0.05, 0) is 25.1 Å². The van der Waals surface area contributed by atoms with E-state index in [2.05, 4.69) is 11.1 Å². The third-order valence-electron chi connectivity index (χ3n) is 2.75. The van der Waals surface area contributed by atoms with E-state index in [1.165, 1.54) is 0 Å². The third kappa shape index (κ3) is 1.81. The first kappa shape index (κ1) is 11.1. The maximum absolute atomic E-state index is 8.74. The van der Waals surface area contributed by atoms with Gasteiger partial charge in [-0.2, -0.15) is 5.26 Å². The van der Waals surface area contributed by atoms with Gasteiger partial charge in [0.2, 0.25) is 6.79 Å². The zero-order valence-electron chi connectivity index (χ0n) is 9.77. The number of ether oxygens (including phenoxy) is 2. The molecule has 0 amide bonds. The number of nitrogens with zero attached hydrogens (tertiary/aromatic N) is 2. The molecule has 0 saturated heterocycles. The first-order chi connectivity index (χ1) is 8.78. The lowest BCUT2D eigenvalue weighted by Crippen LogP contribution is -1.92. The van der Waals surface area contributed by atoms with Crippen LogP contribution in [-0.4, -0.2) is 11.8 Å². The molecule has 1 aliphatic rings. The Bertz CT molecular complexity index is 643. The average molecular weight is 258 g/mol. The molecule has 0 bridgehead atoms. The van der Waals surface area contributed by atoms with E-state index in [1.54, 1.807) is 11.3 Å². The van der Waals surface area contributed by atoms with Crippen LogP contribution in [0.5, 0.6) is 11.5 Å². The number of benzene rings is 1. The highest BCUT2D eigenvalue weighted by molar-refractivity contribution is 7.15. The van der Waals surface area contributed by atoms with Gasteiger partial charge in [-0.1, -0.05) is 0 Å². The topological polar surface area (TPSA) is 55.1 Å². The Balaban J connectivity index is 2.00. The summed E-state index contributed by atoms with van der Waals surface area (Å²) in [5, 5.41) is 9.66. The van der Waals surface area contributed by atoms with Crippen LogP contribution in [-0.2, 0) is 6.42 Å². The highest BCUT2D eigenvalue weighted by Crippen LogP contribution is 2.37. The predicted molar refractivity (Wildman–Crippen MR) is 67.7 cm³/mol. The fraction of sp³-hybridized carbons (Fsp3) is 0.231. The summed E-state index contributed by atoms with van der Waals surface area (Å²) >= 11 is 1.55. The third-order valence-corrected chi connectivity index (χ3v) is 3.96. The Labute approximate surface area is 108 Å². The largest absolute Gasteiger partial charge is 0.454 e. The van der Waals surface area contributed by atoms with Gasteiger partial charge in [0.15, 0.2) is 11.5 Å². The van der Waals surface area contributed by atoms with Crippen LogP contribution in [0.1, 0.15) is 10.6 Å². The van der Waals surface area contributed by atoms with Crippen molar-refractivity contribution in [2.45, 2.75) is 13.3 Å². The molecule has 0 fully saturated rings. The Kier molecular flexibility index (Phi) is 2.65. The van der Waals surface area contributed by atoms with Crippen molar-refractivity contribution in [1.29, 1.82) is 5.26 Å². The molecule has 18 heavy (non-hydrogen) atoms. The van der Waals surface area contributed by atoms with Gasteiger partial charge in [0.25, 0.3) is 0 Å². The molecule has 90 valence electrons. The molecule has 0 saturated carbocycles. The molecular formula is C13H10N2O2S. The molecule has 0 spiro atoms. The number of hydrogen-bond donors (Lipinski definition) is 0. The second-order valence-corrected chi connectivity index (χ2v) is 5.01.